The number of hydrogen-bond acceptors (Lipinski definition) is 6. The molecule has 1 fully saturated rings. The highest BCUT2D eigenvalue weighted by molar-refractivity contribution is 9.10. The summed E-state index contributed by atoms with van der Waals surface area (Å²) >= 11 is 12.2. The largest absolute Gasteiger partial charge is 0.494 e. The molecule has 19 aromatic carbocycles. The summed E-state index contributed by atoms with van der Waals surface area (Å²) in [6, 6.07) is 177. The van der Waals surface area contributed by atoms with E-state index in [-0.39, 0.29) is 0 Å². The fraction of sp³-hybridized carbons (Fsp3) is 0.0682. The molecule has 0 spiro atoms. The fourth-order valence-electron chi connectivity index (χ4n) is 22.1. The van der Waals surface area contributed by atoms with Crippen LogP contribution in [0.3, 0.4) is 0 Å². The van der Waals surface area contributed by atoms with Crippen molar-refractivity contribution in [2.45, 2.75) is 55.1 Å². The van der Waals surface area contributed by atoms with Crippen molar-refractivity contribution >= 4 is 105 Å². The van der Waals surface area contributed by atoms with Crippen molar-refractivity contribution in [1.82, 2.24) is 15.0 Å². The third kappa shape index (κ3) is 16.0. The van der Waals surface area contributed by atoms with E-state index in [1.54, 1.807) is 12.3 Å². The zero-order valence-electron chi connectivity index (χ0n) is 78.8. The molecule has 0 N–H and O–H groups in total. The van der Waals surface area contributed by atoms with Crippen LogP contribution in [-0.4, -0.2) is 33.3 Å². The van der Waals surface area contributed by atoms with Gasteiger partial charge in [-0.15, -0.1) is 0 Å². The molecule has 680 valence electrons. The Balaban J connectivity index is 0.000000118. The van der Waals surface area contributed by atoms with Gasteiger partial charge < -0.3 is 14.2 Å². The molecule has 4 aliphatic rings. The summed E-state index contributed by atoms with van der Waals surface area (Å²) in [7, 11) is -0.421. The van der Waals surface area contributed by atoms with Gasteiger partial charge >= 0.3 is 7.12 Å². The summed E-state index contributed by atoms with van der Waals surface area (Å²) in [5.74, 6) is 0. The molecule has 6 nitrogen and oxygen atoms in total. The summed E-state index contributed by atoms with van der Waals surface area (Å²) in [5.41, 5.74) is 33.9. The fourth-order valence-corrected chi connectivity index (χ4v) is 22.7. The molecule has 0 saturated carbocycles. The number of halogens is 3. The van der Waals surface area contributed by atoms with Crippen LogP contribution in [0.25, 0.3) is 110 Å². The lowest BCUT2D eigenvalue weighted by molar-refractivity contribution is 0.00578. The van der Waals surface area contributed by atoms with Crippen LogP contribution in [-0.2, 0) is 25.6 Å². The van der Waals surface area contributed by atoms with Gasteiger partial charge in [-0.05, 0) is 293 Å². The maximum Gasteiger partial charge on any atom is 0.494 e. The second-order valence-corrected chi connectivity index (χ2v) is 39.9. The van der Waals surface area contributed by atoms with Gasteiger partial charge in [-0.25, -0.2) is 4.98 Å². The van der Waals surface area contributed by atoms with E-state index < -0.39 is 34.6 Å². The Morgan fingerprint density at radius 1 is 0.246 bits per heavy atom. The molecule has 10 heteroatoms. The van der Waals surface area contributed by atoms with Crippen LogP contribution in [0.1, 0.15) is 94.5 Å². The summed E-state index contributed by atoms with van der Waals surface area (Å²) in [5, 5.41) is 8.13. The maximum atomic E-state index is 6.51. The summed E-state index contributed by atoms with van der Waals surface area (Å²) in [6.45, 7) is 8.45. The predicted octanol–water partition coefficient (Wildman–Crippen LogP) is 34.1. The Labute approximate surface area is 851 Å². The van der Waals surface area contributed by atoms with Gasteiger partial charge in [0.2, 0.25) is 0 Å². The summed E-state index contributed by atoms with van der Waals surface area (Å²) < 4.78 is 15.0. The molecule has 0 radical (unpaired) electrons. The molecule has 142 heavy (non-hydrogen) atoms. The lowest BCUT2D eigenvalue weighted by atomic mass is 9.66. The second kappa shape index (κ2) is 37.9. The van der Waals surface area contributed by atoms with E-state index in [0.29, 0.717) is 5.15 Å². The van der Waals surface area contributed by atoms with Crippen LogP contribution in [0.15, 0.2) is 519 Å². The van der Waals surface area contributed by atoms with Gasteiger partial charge in [0.1, 0.15) is 5.15 Å². The van der Waals surface area contributed by atoms with E-state index in [0.717, 1.165) is 54.0 Å². The highest BCUT2D eigenvalue weighted by atomic mass is 79.9. The van der Waals surface area contributed by atoms with Gasteiger partial charge in [0.05, 0.1) is 50.7 Å². The SMILES string of the molecule is Brc1ccc(-c2ccc3c(c2)C(c2ccccc2)(c2ccccc2)c2ccc4ccccc4c2-3)nc1.CC1(C)OB(c2ccc3c(c2)C(c2ccccc2)(c2ccccc2)c2ccc4ccccc4c2-3)OC1(C)C.Clc1ccc(Br)cn1.c1ccc(-c2ccc(N(c3ccc(-c4ccccc4)cc3)c3ccc(-c4ccc5c(c4)C(c4ccccc4)(c4ccccc4)c4ccc6ccccc6c4-5)nc3)cc2)cc1. The molecule has 3 aliphatic carbocycles. The molecular weight excluding hydrogens is 1880 g/mol. The van der Waals surface area contributed by atoms with Crippen molar-refractivity contribution in [3.8, 4) is 78.1 Å². The third-order valence-electron chi connectivity index (χ3n) is 29.3. The zero-order chi connectivity index (χ0) is 96.1. The number of benzene rings is 19. The van der Waals surface area contributed by atoms with Crippen LogP contribution < -0.4 is 10.4 Å². The van der Waals surface area contributed by atoms with E-state index in [1.807, 2.05) is 18.5 Å². The summed E-state index contributed by atoms with van der Waals surface area (Å²) in [6.07, 6.45) is 5.54. The molecule has 26 rings (SSSR count). The number of anilines is 3. The van der Waals surface area contributed by atoms with Crippen LogP contribution in [0.2, 0.25) is 5.15 Å². The first-order valence-electron chi connectivity index (χ1n) is 48.3. The average molecular weight is 1980 g/mol. The second-order valence-electron chi connectivity index (χ2n) is 37.7. The maximum absolute atomic E-state index is 6.51. The van der Waals surface area contributed by atoms with Gasteiger partial charge in [-0.2, -0.15) is 0 Å². The van der Waals surface area contributed by atoms with Crippen LogP contribution in [0, 0.1) is 0 Å². The van der Waals surface area contributed by atoms with Gasteiger partial charge in [0.15, 0.2) is 0 Å². The molecule has 1 aliphatic heterocycles. The molecular formula is C132H96BBr2ClN4O2. The van der Waals surface area contributed by atoms with E-state index in [2.05, 4.69) is 549 Å². The zero-order valence-corrected chi connectivity index (χ0v) is 82.7. The molecule has 4 heterocycles. The first-order valence-corrected chi connectivity index (χ1v) is 50.3. The Kier molecular flexibility index (Phi) is 24.1. The van der Waals surface area contributed by atoms with Crippen molar-refractivity contribution in [2.24, 2.45) is 0 Å². The predicted molar refractivity (Wildman–Crippen MR) is 596 cm³/mol. The van der Waals surface area contributed by atoms with E-state index in [1.165, 1.54) is 155 Å². The highest BCUT2D eigenvalue weighted by Crippen LogP contribution is 2.62. The monoisotopic (exact) mass is 1970 g/mol. The third-order valence-corrected chi connectivity index (χ3v) is 30.5. The van der Waals surface area contributed by atoms with Crippen LogP contribution in [0.4, 0.5) is 17.1 Å². The lowest BCUT2D eigenvalue weighted by Gasteiger charge is -2.34. The van der Waals surface area contributed by atoms with Crippen molar-refractivity contribution in [2.75, 3.05) is 4.90 Å². The number of pyridine rings is 3. The molecule has 22 aromatic rings. The standard InChI is InChI=1S/C58H40N2.C35H31BO2.C34H22BrN.C5H3BrClN/c1-5-15-41(16-6-1)43-25-31-49(32-26-43)60(50-33-27-44(28-34-50)42-17-7-2-8-18-42)51-35-38-56(59-40-51)46-29-36-53-55(39-46)58(47-20-9-3-10-21-47,48-22-11-4-12-23-48)54-37-30-45-19-13-14-24-52(45)57(53)54;1-33(2)34(3,4)38-36(37-33)27-20-21-29-31(23-27)35(25-14-7-5-8-15-25,26-16-9-6-10-17-26)30-22-19-24-13-11-12-18-28(24)32(29)30;35-27-17-20-32(36-22-27)24-15-18-29-31(21-24)34(25-10-3-1-4-11-25,26-12-5-2-6-13-26)30-19-16-23-9-7-8-14-28(23)33(29)30;6-4-1-2-5(7)8-3-4/h1-40H;5-23H,1-4H3;1-22H;1-3H. The van der Waals surface area contributed by atoms with E-state index in [4.69, 9.17) is 30.9 Å². The smallest absolute Gasteiger partial charge is 0.399 e. The summed E-state index contributed by atoms with van der Waals surface area (Å²) in [4.78, 5) is 16.0. The number of nitrogens with zero attached hydrogens (tertiary/aromatic N) is 4. The molecule has 0 atom stereocenters. The molecule has 0 bridgehead atoms. The Hall–Kier alpha value is -15.6. The number of hydrogen-bond donors (Lipinski definition) is 0. The van der Waals surface area contributed by atoms with E-state index >= 15 is 0 Å². The van der Waals surface area contributed by atoms with Crippen LogP contribution in [0.5, 0.6) is 0 Å². The number of rotatable bonds is 14. The number of fused-ring (bicyclic) bond motifs is 15. The Morgan fingerprint density at radius 2 is 0.535 bits per heavy atom. The van der Waals surface area contributed by atoms with Gasteiger partial charge in [-0.1, -0.05) is 430 Å². The van der Waals surface area contributed by atoms with Gasteiger partial charge in [-0.3, -0.25) is 9.97 Å². The highest BCUT2D eigenvalue weighted by Gasteiger charge is 2.54. The minimum absolute atomic E-state index is 0.397. The van der Waals surface area contributed by atoms with Crippen LogP contribution >= 0.6 is 43.5 Å². The average Bonchev–Trinajstić information content (AvgIpc) is 1.54. The van der Waals surface area contributed by atoms with Crippen molar-refractivity contribution in [3.63, 3.8) is 0 Å². The lowest BCUT2D eigenvalue weighted by Crippen LogP contribution is -2.41. The minimum Gasteiger partial charge on any atom is -0.399 e. The first-order chi connectivity index (χ1) is 69.6. The molecule has 3 aromatic heterocycles. The van der Waals surface area contributed by atoms with Gasteiger partial charge in [0, 0.05) is 43.8 Å². The normalized spacial score (nSPS) is 14.1. The Bertz CT molecular complexity index is 8150. The molecule has 0 unspecified atom stereocenters. The Morgan fingerprint density at radius 3 is 0.859 bits per heavy atom. The first kappa shape index (κ1) is 90.3. The minimum atomic E-state index is -0.512. The van der Waals surface area contributed by atoms with Crippen molar-refractivity contribution in [1.29, 1.82) is 0 Å². The quantitative estimate of drug-likeness (QED) is 0.0799. The van der Waals surface area contributed by atoms with Gasteiger partial charge in [0.25, 0.3) is 0 Å². The number of aromatic nitrogens is 3. The van der Waals surface area contributed by atoms with Crippen molar-refractivity contribution < 1.29 is 9.31 Å². The molecule has 0 amide bonds. The molecule has 1 saturated heterocycles. The topological polar surface area (TPSA) is 60.4 Å². The van der Waals surface area contributed by atoms with E-state index in [9.17, 15) is 0 Å². The van der Waals surface area contributed by atoms with Crippen molar-refractivity contribution in [3.05, 3.63) is 591 Å².